The summed E-state index contributed by atoms with van der Waals surface area (Å²) < 4.78 is 22.4. The highest BCUT2D eigenvalue weighted by Crippen LogP contribution is 2.33. The molecule has 0 bridgehead atoms. The highest BCUT2D eigenvalue weighted by Gasteiger charge is 2.41. The molecular formula is C14H20N4O7. The fraction of sp³-hybridized carbons (Fsp3) is 0.643. The zero-order valence-electron chi connectivity index (χ0n) is 14.3. The van der Waals surface area contributed by atoms with Gasteiger partial charge in [0, 0.05) is 27.2 Å². The van der Waals surface area contributed by atoms with E-state index in [0.29, 0.717) is 0 Å². The lowest BCUT2D eigenvalue weighted by molar-refractivity contribution is -0.155. The molecular weight excluding hydrogens is 336 g/mol. The van der Waals surface area contributed by atoms with Crippen LogP contribution in [0.15, 0.2) is 0 Å². The SMILES string of the molecule is COc1nc(NC(C)=O)nn1[C@H]1C[C@H](OC(C)=O)[C@@H](COC(C)=O)O1. The summed E-state index contributed by atoms with van der Waals surface area (Å²) in [5.41, 5.74) is 0. The number of amides is 1. The van der Waals surface area contributed by atoms with Gasteiger partial charge >= 0.3 is 17.9 Å². The van der Waals surface area contributed by atoms with Crippen LogP contribution in [0.5, 0.6) is 6.01 Å². The number of carbonyl (C=O) groups is 3. The Morgan fingerprint density at radius 1 is 1.28 bits per heavy atom. The minimum absolute atomic E-state index is 0.0559. The number of hydrogen-bond acceptors (Lipinski definition) is 9. The molecule has 2 heterocycles. The molecule has 1 saturated heterocycles. The van der Waals surface area contributed by atoms with Crippen LogP contribution in [-0.2, 0) is 28.6 Å². The van der Waals surface area contributed by atoms with Crippen molar-refractivity contribution in [3.63, 3.8) is 0 Å². The molecule has 11 heteroatoms. The first-order chi connectivity index (χ1) is 11.8. The molecule has 1 aliphatic heterocycles. The van der Waals surface area contributed by atoms with Gasteiger partial charge in [-0.25, -0.2) is 0 Å². The Kier molecular flexibility index (Phi) is 5.91. The predicted molar refractivity (Wildman–Crippen MR) is 81.6 cm³/mol. The molecule has 0 unspecified atom stereocenters. The molecule has 0 radical (unpaired) electrons. The van der Waals surface area contributed by atoms with Gasteiger partial charge in [0.2, 0.25) is 5.91 Å². The summed E-state index contributed by atoms with van der Waals surface area (Å²) >= 11 is 0. The standard InChI is InChI=1S/C14H20N4O7/c1-7(19)15-13-16-14(22-4)18(17-13)12-5-10(24-9(3)21)11(25-12)6-23-8(2)20/h10-12H,5-6H2,1-4H3,(H,15,17,19)/t10-,11+,12+/m0/s1. The van der Waals surface area contributed by atoms with Crippen LogP contribution in [0.25, 0.3) is 0 Å². The minimum Gasteiger partial charge on any atom is -0.467 e. The fourth-order valence-corrected chi connectivity index (χ4v) is 2.38. The lowest BCUT2D eigenvalue weighted by Gasteiger charge is -2.17. The number of rotatable bonds is 6. The van der Waals surface area contributed by atoms with Crippen LogP contribution in [0.2, 0.25) is 0 Å². The number of anilines is 1. The first-order valence-electron chi connectivity index (χ1n) is 7.54. The van der Waals surface area contributed by atoms with E-state index >= 15 is 0 Å². The Balaban J connectivity index is 2.18. The van der Waals surface area contributed by atoms with Crippen LogP contribution in [0, 0.1) is 0 Å². The maximum atomic E-state index is 11.3. The lowest BCUT2D eigenvalue weighted by Crippen LogP contribution is -2.31. The first-order valence-corrected chi connectivity index (χ1v) is 7.54. The summed E-state index contributed by atoms with van der Waals surface area (Å²) in [6.45, 7) is 3.80. The van der Waals surface area contributed by atoms with E-state index in [2.05, 4.69) is 15.4 Å². The average Bonchev–Trinajstić information content (AvgIpc) is 3.07. The van der Waals surface area contributed by atoms with Gasteiger partial charge < -0.3 is 18.9 Å². The van der Waals surface area contributed by atoms with Crippen LogP contribution >= 0.6 is 0 Å². The zero-order chi connectivity index (χ0) is 18.6. The molecule has 2 rings (SSSR count). The van der Waals surface area contributed by atoms with Gasteiger partial charge in [0.1, 0.15) is 18.8 Å². The van der Waals surface area contributed by atoms with Crippen molar-refractivity contribution in [3.05, 3.63) is 0 Å². The largest absolute Gasteiger partial charge is 0.467 e. The van der Waals surface area contributed by atoms with Crippen molar-refractivity contribution in [2.24, 2.45) is 0 Å². The molecule has 25 heavy (non-hydrogen) atoms. The first kappa shape index (κ1) is 18.6. The molecule has 1 fully saturated rings. The Morgan fingerprint density at radius 3 is 2.56 bits per heavy atom. The molecule has 1 amide bonds. The third-order valence-corrected chi connectivity index (χ3v) is 3.29. The van der Waals surface area contributed by atoms with Crippen LogP contribution in [0.1, 0.15) is 33.4 Å². The van der Waals surface area contributed by atoms with Gasteiger partial charge in [-0.05, 0) is 0 Å². The molecule has 1 aliphatic rings. The summed E-state index contributed by atoms with van der Waals surface area (Å²) in [5.74, 6) is -1.23. The molecule has 138 valence electrons. The van der Waals surface area contributed by atoms with E-state index in [1.807, 2.05) is 0 Å². The number of esters is 2. The lowest BCUT2D eigenvalue weighted by atomic mass is 10.2. The number of carbonyl (C=O) groups excluding carboxylic acids is 3. The van der Waals surface area contributed by atoms with Crippen LogP contribution in [-0.4, -0.2) is 58.5 Å². The molecule has 0 aromatic carbocycles. The Bertz CT molecular complexity index is 660. The van der Waals surface area contributed by atoms with Crippen LogP contribution in [0.3, 0.4) is 0 Å². The Labute approximate surface area is 143 Å². The summed E-state index contributed by atoms with van der Waals surface area (Å²) in [7, 11) is 1.40. The second-order valence-electron chi connectivity index (χ2n) is 5.36. The van der Waals surface area contributed by atoms with Gasteiger partial charge in [-0.2, -0.15) is 9.67 Å². The van der Waals surface area contributed by atoms with Gasteiger partial charge in [0.25, 0.3) is 5.95 Å². The normalized spacial score (nSPS) is 22.3. The van der Waals surface area contributed by atoms with Gasteiger partial charge in [-0.3, -0.25) is 19.7 Å². The van der Waals surface area contributed by atoms with E-state index in [1.165, 1.54) is 32.6 Å². The number of nitrogens with one attached hydrogen (secondary N) is 1. The molecule has 1 aromatic rings. The average molecular weight is 356 g/mol. The number of aromatic nitrogens is 3. The smallest absolute Gasteiger partial charge is 0.318 e. The molecule has 11 nitrogen and oxygen atoms in total. The molecule has 3 atom stereocenters. The van der Waals surface area contributed by atoms with Gasteiger partial charge in [-0.1, -0.05) is 0 Å². The maximum absolute atomic E-state index is 11.3. The van der Waals surface area contributed by atoms with Crippen molar-refractivity contribution in [3.8, 4) is 6.01 Å². The summed E-state index contributed by atoms with van der Waals surface area (Å²) in [5, 5.41) is 6.57. The highest BCUT2D eigenvalue weighted by atomic mass is 16.6. The second-order valence-corrected chi connectivity index (χ2v) is 5.36. The quantitative estimate of drug-likeness (QED) is 0.701. The van der Waals surface area contributed by atoms with E-state index < -0.39 is 30.4 Å². The van der Waals surface area contributed by atoms with Crippen LogP contribution in [0.4, 0.5) is 5.95 Å². The van der Waals surface area contributed by atoms with E-state index in [-0.39, 0.29) is 30.9 Å². The van der Waals surface area contributed by atoms with E-state index in [4.69, 9.17) is 18.9 Å². The summed E-state index contributed by atoms with van der Waals surface area (Å²) in [4.78, 5) is 37.5. The topological polar surface area (TPSA) is 131 Å². The molecule has 1 N–H and O–H groups in total. The van der Waals surface area contributed by atoms with Crippen molar-refractivity contribution in [1.82, 2.24) is 14.8 Å². The number of nitrogens with zero attached hydrogens (tertiary/aromatic N) is 3. The summed E-state index contributed by atoms with van der Waals surface area (Å²) in [6.07, 6.45) is -1.70. The van der Waals surface area contributed by atoms with Crippen molar-refractivity contribution in [2.45, 2.75) is 45.6 Å². The van der Waals surface area contributed by atoms with Crippen molar-refractivity contribution in [1.29, 1.82) is 0 Å². The Morgan fingerprint density at radius 2 is 2.00 bits per heavy atom. The van der Waals surface area contributed by atoms with E-state index in [1.54, 1.807) is 0 Å². The number of methoxy groups -OCH3 is 1. The molecule has 1 aromatic heterocycles. The predicted octanol–water partition coefficient (Wildman–Crippen LogP) is 0.0274. The minimum atomic E-state index is -0.671. The third kappa shape index (κ3) is 4.89. The van der Waals surface area contributed by atoms with Crippen molar-refractivity contribution >= 4 is 23.8 Å². The monoisotopic (exact) mass is 356 g/mol. The third-order valence-electron chi connectivity index (χ3n) is 3.29. The van der Waals surface area contributed by atoms with E-state index in [9.17, 15) is 14.4 Å². The van der Waals surface area contributed by atoms with Gasteiger partial charge in [0.15, 0.2) is 6.23 Å². The zero-order valence-corrected chi connectivity index (χ0v) is 14.3. The fourth-order valence-electron chi connectivity index (χ4n) is 2.38. The maximum Gasteiger partial charge on any atom is 0.318 e. The van der Waals surface area contributed by atoms with Crippen LogP contribution < -0.4 is 10.1 Å². The van der Waals surface area contributed by atoms with Gasteiger partial charge in [0.05, 0.1) is 7.11 Å². The van der Waals surface area contributed by atoms with Crippen molar-refractivity contribution in [2.75, 3.05) is 19.0 Å². The number of hydrogen-bond donors (Lipinski definition) is 1. The highest BCUT2D eigenvalue weighted by molar-refractivity contribution is 5.86. The number of ether oxygens (including phenoxy) is 4. The summed E-state index contributed by atoms with van der Waals surface area (Å²) in [6, 6.07) is 0.114. The molecule has 0 spiro atoms. The van der Waals surface area contributed by atoms with Crippen molar-refractivity contribution < 1.29 is 33.3 Å². The van der Waals surface area contributed by atoms with E-state index in [0.717, 1.165) is 0 Å². The molecule has 0 saturated carbocycles. The molecule has 0 aliphatic carbocycles. The van der Waals surface area contributed by atoms with Gasteiger partial charge in [-0.15, -0.1) is 5.10 Å². The second kappa shape index (κ2) is 7.92. The Hall–Kier alpha value is -2.69.